The number of hydrogen-bond acceptors (Lipinski definition) is 5. The Hall–Kier alpha value is -1.33. The van der Waals surface area contributed by atoms with E-state index in [9.17, 15) is 0 Å². The van der Waals surface area contributed by atoms with Crippen LogP contribution in [-0.4, -0.2) is 13.9 Å². The first-order valence-electron chi connectivity index (χ1n) is 4.25. The van der Waals surface area contributed by atoms with Crippen molar-refractivity contribution in [1.29, 1.82) is 0 Å². The van der Waals surface area contributed by atoms with Crippen molar-refractivity contribution in [2.24, 2.45) is 0 Å². The minimum absolute atomic E-state index is 0.257. The molecule has 0 unspecified atom stereocenters. The Kier molecular flexibility index (Phi) is 3.03. The van der Waals surface area contributed by atoms with Gasteiger partial charge in [0.2, 0.25) is 0 Å². The summed E-state index contributed by atoms with van der Waals surface area (Å²) in [5.74, 6) is 0.849. The van der Waals surface area contributed by atoms with E-state index < -0.39 is 0 Å². The Morgan fingerprint density at radius 3 is 2.60 bits per heavy atom. The molecule has 0 atom stereocenters. The van der Waals surface area contributed by atoms with Crippen LogP contribution >= 0.6 is 23.3 Å². The molecule has 2 aromatic rings. The number of nitrogens with zero attached hydrogens (tertiary/aromatic N) is 2. The zero-order valence-corrected chi connectivity index (χ0v) is 9.22. The predicted octanol–water partition coefficient (Wildman–Crippen LogP) is 2.51. The minimum Gasteiger partial charge on any atom is -0.508 e. The maximum absolute atomic E-state index is 9.09. The van der Waals surface area contributed by atoms with Gasteiger partial charge in [-0.3, -0.25) is 0 Å². The van der Waals surface area contributed by atoms with E-state index >= 15 is 0 Å². The van der Waals surface area contributed by atoms with Crippen LogP contribution in [0.2, 0.25) is 5.15 Å². The molecule has 1 heterocycles. The Balaban J connectivity index is 1.99. The summed E-state index contributed by atoms with van der Waals surface area (Å²) < 4.78 is 7.82. The van der Waals surface area contributed by atoms with Gasteiger partial charge in [0.1, 0.15) is 5.75 Å². The van der Waals surface area contributed by atoms with Crippen molar-refractivity contribution < 1.29 is 5.11 Å². The van der Waals surface area contributed by atoms with Crippen LogP contribution in [0.5, 0.6) is 5.75 Å². The first kappa shape index (κ1) is 10.2. The summed E-state index contributed by atoms with van der Waals surface area (Å²) in [4.78, 5) is 0. The van der Waals surface area contributed by atoms with Crippen molar-refractivity contribution in [3.05, 3.63) is 35.0 Å². The zero-order chi connectivity index (χ0) is 10.7. The van der Waals surface area contributed by atoms with Gasteiger partial charge in [-0.15, -0.1) is 0 Å². The molecule has 0 aliphatic carbocycles. The molecule has 6 heteroatoms. The first-order valence-corrected chi connectivity index (χ1v) is 5.36. The molecule has 0 spiro atoms. The third-order valence-corrected chi connectivity index (χ3v) is 2.74. The number of benzene rings is 1. The van der Waals surface area contributed by atoms with Crippen LogP contribution in [0.1, 0.15) is 5.56 Å². The molecule has 4 nitrogen and oxygen atoms in total. The van der Waals surface area contributed by atoms with Crippen LogP contribution in [0.3, 0.4) is 0 Å². The third kappa shape index (κ3) is 2.57. The van der Waals surface area contributed by atoms with E-state index in [-0.39, 0.29) is 5.75 Å². The van der Waals surface area contributed by atoms with Gasteiger partial charge in [-0.1, -0.05) is 23.7 Å². The molecule has 0 aliphatic rings. The minimum atomic E-state index is 0.257. The largest absolute Gasteiger partial charge is 0.508 e. The van der Waals surface area contributed by atoms with Gasteiger partial charge in [0, 0.05) is 6.54 Å². The highest BCUT2D eigenvalue weighted by Gasteiger charge is 2.03. The summed E-state index contributed by atoms with van der Waals surface area (Å²) in [6, 6.07) is 6.93. The Bertz CT molecular complexity index is 443. The normalized spacial score (nSPS) is 10.2. The molecule has 0 bridgehead atoms. The van der Waals surface area contributed by atoms with Gasteiger partial charge in [0.15, 0.2) is 11.0 Å². The van der Waals surface area contributed by atoms with Crippen molar-refractivity contribution in [1.82, 2.24) is 8.75 Å². The van der Waals surface area contributed by atoms with Crippen molar-refractivity contribution in [3.63, 3.8) is 0 Å². The number of phenols is 1. The number of nitrogens with one attached hydrogen (secondary N) is 1. The number of hydrogen-bond donors (Lipinski definition) is 2. The summed E-state index contributed by atoms with van der Waals surface area (Å²) in [5, 5.41) is 12.5. The smallest absolute Gasteiger partial charge is 0.186 e. The van der Waals surface area contributed by atoms with Gasteiger partial charge in [-0.25, -0.2) is 0 Å². The van der Waals surface area contributed by atoms with E-state index in [1.807, 2.05) is 12.1 Å². The number of anilines is 1. The lowest BCUT2D eigenvalue weighted by molar-refractivity contribution is 0.475. The molecule has 15 heavy (non-hydrogen) atoms. The Morgan fingerprint density at radius 1 is 1.27 bits per heavy atom. The van der Waals surface area contributed by atoms with E-state index in [4.69, 9.17) is 16.7 Å². The van der Waals surface area contributed by atoms with Gasteiger partial charge >= 0.3 is 0 Å². The van der Waals surface area contributed by atoms with E-state index in [0.29, 0.717) is 17.5 Å². The second-order valence-corrected chi connectivity index (χ2v) is 3.81. The Morgan fingerprint density at radius 2 is 2.00 bits per heavy atom. The van der Waals surface area contributed by atoms with Crippen molar-refractivity contribution >= 4 is 29.1 Å². The van der Waals surface area contributed by atoms with Gasteiger partial charge < -0.3 is 10.4 Å². The molecule has 2 N–H and O–H groups in total. The fourth-order valence-electron chi connectivity index (χ4n) is 1.08. The van der Waals surface area contributed by atoms with Gasteiger partial charge in [-0.05, 0) is 17.7 Å². The lowest BCUT2D eigenvalue weighted by atomic mass is 10.2. The molecule has 0 aliphatic heterocycles. The van der Waals surface area contributed by atoms with Crippen LogP contribution < -0.4 is 5.32 Å². The fourth-order valence-corrected chi connectivity index (χ4v) is 1.77. The maximum Gasteiger partial charge on any atom is 0.186 e. The molecule has 78 valence electrons. The van der Waals surface area contributed by atoms with E-state index in [1.54, 1.807) is 12.1 Å². The Labute approximate surface area is 95.9 Å². The first-order chi connectivity index (χ1) is 7.25. The SMILES string of the molecule is Oc1ccc(CNc2nsnc2Cl)cc1. The quantitative estimate of drug-likeness (QED) is 0.867. The lowest BCUT2D eigenvalue weighted by Gasteiger charge is -2.02. The summed E-state index contributed by atoms with van der Waals surface area (Å²) in [5.41, 5.74) is 1.04. The summed E-state index contributed by atoms with van der Waals surface area (Å²) in [6.07, 6.45) is 0. The van der Waals surface area contributed by atoms with Crippen LogP contribution in [0.15, 0.2) is 24.3 Å². The number of halogens is 1. The number of phenolic OH excluding ortho intramolecular Hbond substituents is 1. The van der Waals surface area contributed by atoms with Crippen molar-refractivity contribution in [2.45, 2.75) is 6.54 Å². The zero-order valence-electron chi connectivity index (χ0n) is 7.64. The molecule has 1 aromatic carbocycles. The van der Waals surface area contributed by atoms with Gasteiger partial charge in [0.25, 0.3) is 0 Å². The van der Waals surface area contributed by atoms with Gasteiger partial charge in [-0.2, -0.15) is 8.75 Å². The van der Waals surface area contributed by atoms with E-state index in [0.717, 1.165) is 17.3 Å². The highest BCUT2D eigenvalue weighted by Crippen LogP contribution is 2.19. The average molecular weight is 242 g/mol. The maximum atomic E-state index is 9.09. The summed E-state index contributed by atoms with van der Waals surface area (Å²) >= 11 is 6.83. The summed E-state index contributed by atoms with van der Waals surface area (Å²) in [6.45, 7) is 0.603. The average Bonchev–Trinajstić information content (AvgIpc) is 2.63. The number of aromatic hydroxyl groups is 1. The topological polar surface area (TPSA) is 58.0 Å². The van der Waals surface area contributed by atoms with Crippen LogP contribution in [-0.2, 0) is 6.54 Å². The van der Waals surface area contributed by atoms with Crippen LogP contribution in [0.25, 0.3) is 0 Å². The second-order valence-electron chi connectivity index (χ2n) is 2.92. The molecular formula is C9H8ClN3OS. The molecular weight excluding hydrogens is 234 g/mol. The lowest BCUT2D eigenvalue weighted by Crippen LogP contribution is -1.99. The molecule has 1 aromatic heterocycles. The molecule has 2 rings (SSSR count). The molecule has 0 amide bonds. The third-order valence-electron chi connectivity index (χ3n) is 1.84. The second kappa shape index (κ2) is 4.46. The molecule has 0 saturated carbocycles. The van der Waals surface area contributed by atoms with E-state index in [1.165, 1.54) is 0 Å². The van der Waals surface area contributed by atoms with Crippen LogP contribution in [0, 0.1) is 0 Å². The highest BCUT2D eigenvalue weighted by atomic mass is 35.5. The summed E-state index contributed by atoms with van der Waals surface area (Å²) in [7, 11) is 0. The van der Waals surface area contributed by atoms with Crippen molar-refractivity contribution in [2.75, 3.05) is 5.32 Å². The van der Waals surface area contributed by atoms with Gasteiger partial charge in [0.05, 0.1) is 11.7 Å². The number of rotatable bonds is 3. The molecule has 0 radical (unpaired) electrons. The highest BCUT2D eigenvalue weighted by molar-refractivity contribution is 6.99. The van der Waals surface area contributed by atoms with Crippen LogP contribution in [0.4, 0.5) is 5.82 Å². The standard InChI is InChI=1S/C9H8ClN3OS/c10-8-9(13-15-12-8)11-5-6-1-3-7(14)4-2-6/h1-4,14H,5H2,(H,11,13). The number of aromatic nitrogens is 2. The van der Waals surface area contributed by atoms with Crippen molar-refractivity contribution in [3.8, 4) is 5.75 Å². The molecule has 0 saturated heterocycles. The monoisotopic (exact) mass is 241 g/mol. The molecule has 0 fully saturated rings. The predicted molar refractivity (Wildman–Crippen MR) is 60.4 cm³/mol. The fraction of sp³-hybridized carbons (Fsp3) is 0.111. The van der Waals surface area contributed by atoms with E-state index in [2.05, 4.69) is 14.1 Å².